The van der Waals surface area contributed by atoms with E-state index in [0.29, 0.717) is 17.4 Å². The zero-order valence-electron chi connectivity index (χ0n) is 63.5. The van der Waals surface area contributed by atoms with Crippen LogP contribution in [0.15, 0.2) is 207 Å². The number of unbranched alkanes of at least 4 members (excludes halogenated alkanes) is 21. The largest absolute Gasteiger partial charge is 0.545 e. The minimum absolute atomic E-state index is 0.136. The summed E-state index contributed by atoms with van der Waals surface area (Å²) in [5.41, 5.74) is 0. The first kappa shape index (κ1) is 92.9. The fourth-order valence-electron chi connectivity index (χ4n) is 10.1. The zero-order valence-corrected chi connectivity index (χ0v) is 63.5. The van der Waals surface area contributed by atoms with Crippen molar-refractivity contribution in [3.8, 4) is 0 Å². The number of carboxylic acids is 1. The highest BCUT2D eigenvalue weighted by Gasteiger charge is 2.22. The van der Waals surface area contributed by atoms with E-state index in [1.54, 1.807) is 0 Å². The maximum absolute atomic E-state index is 13.0. The number of allylic oxidation sites excluding steroid dienone is 34. The van der Waals surface area contributed by atoms with Gasteiger partial charge in [-0.15, -0.1) is 0 Å². The van der Waals surface area contributed by atoms with E-state index in [1.807, 2.05) is 21.1 Å². The standard InChI is InChI=1S/C90H143NO8/c1-6-8-10-12-14-16-18-20-22-24-26-28-30-32-34-36-38-40-42-44-46-48-50-52-54-56-58-60-62-64-66-68-70-72-74-76-78-80-87(92)97-84-86(85-98-90(89(94)95)96-83-82-91(3,4)5)99-88(93)81-79-77-75-73-71-69-67-65-63-61-59-57-55-53-51-49-47-45-43-41-39-37-35-33-31-29-27-25-23-21-19-17-15-13-11-9-7-2/h8-11,14-17,20-23,26-29,32-35,38-41,44-47,50-53,57,59,86,90H,6-7,12-13,18-19,24-25,30-31,36-37,42-43,48-49,54-56,58,60-85H2,1-5H3/b10-8-,11-9-,16-14-,17-15-,22-20-,23-21-,28-26-,29-27-,34-32-,35-33-,40-38-,41-39-,46-44-,47-45-,52-50-,53-51-,59-57-. The molecule has 0 spiro atoms. The van der Waals surface area contributed by atoms with Gasteiger partial charge in [0, 0.05) is 12.8 Å². The van der Waals surface area contributed by atoms with Crippen LogP contribution in [0.5, 0.6) is 0 Å². The maximum Gasteiger partial charge on any atom is 0.306 e. The molecule has 0 aliphatic rings. The van der Waals surface area contributed by atoms with E-state index in [0.717, 1.165) is 161 Å². The average Bonchev–Trinajstić information content (AvgIpc) is 2.19. The van der Waals surface area contributed by atoms with Crippen molar-refractivity contribution in [3.05, 3.63) is 207 Å². The smallest absolute Gasteiger partial charge is 0.306 e. The van der Waals surface area contributed by atoms with Gasteiger partial charge in [0.2, 0.25) is 0 Å². The molecule has 0 amide bonds. The Kier molecular flexibility index (Phi) is 72.8. The van der Waals surface area contributed by atoms with Crippen LogP contribution in [0.1, 0.15) is 284 Å². The number of aliphatic carboxylic acids is 1. The molecule has 0 fully saturated rings. The van der Waals surface area contributed by atoms with Crippen molar-refractivity contribution in [1.82, 2.24) is 0 Å². The van der Waals surface area contributed by atoms with E-state index in [-0.39, 0.29) is 38.6 Å². The van der Waals surface area contributed by atoms with Gasteiger partial charge in [-0.1, -0.05) is 330 Å². The molecule has 9 heteroatoms. The SMILES string of the molecule is CC/C=C\C/C=C\C/C=C\C/C=C\C/C=C\C/C=C\C/C=C\C/C=C\C/C=C\CCCCCCCCCCCC(=O)OC(COC(=O)CCCCCCCCCCCCCC/C=C\C/C=C\C/C=C\C/C=C\C/C=C\C/C=C\C/C=C\C/C=C\CC)COC(OCC[N+](C)(C)C)C(=O)[O-]. The van der Waals surface area contributed by atoms with Crippen molar-refractivity contribution in [2.45, 2.75) is 296 Å². The molecule has 2 atom stereocenters. The number of carboxylic acid groups (broad SMARTS) is 1. The van der Waals surface area contributed by atoms with Crippen LogP contribution in [-0.2, 0) is 33.3 Å². The quantitative estimate of drug-likeness (QED) is 0.0195. The summed E-state index contributed by atoms with van der Waals surface area (Å²) in [6.07, 6.45) is 118. The molecule has 0 saturated carbocycles. The molecule has 9 nitrogen and oxygen atoms in total. The number of carbonyl (C=O) groups excluding carboxylic acids is 3. The Morgan fingerprint density at radius 1 is 0.303 bits per heavy atom. The Bertz CT molecular complexity index is 2390. The number of rotatable bonds is 70. The van der Waals surface area contributed by atoms with Crippen LogP contribution in [0, 0.1) is 0 Å². The second-order valence-electron chi connectivity index (χ2n) is 26.5. The van der Waals surface area contributed by atoms with Gasteiger partial charge in [0.25, 0.3) is 0 Å². The Morgan fingerprint density at radius 2 is 0.545 bits per heavy atom. The highest BCUT2D eigenvalue weighted by atomic mass is 16.7. The van der Waals surface area contributed by atoms with Crippen LogP contribution in [0.3, 0.4) is 0 Å². The number of ether oxygens (including phenoxy) is 4. The molecular weight excluding hydrogens is 1220 g/mol. The van der Waals surface area contributed by atoms with Gasteiger partial charge in [0.15, 0.2) is 12.4 Å². The van der Waals surface area contributed by atoms with Gasteiger partial charge in [-0.25, -0.2) is 0 Å². The summed E-state index contributed by atoms with van der Waals surface area (Å²) in [4.78, 5) is 37.6. The van der Waals surface area contributed by atoms with Crippen LogP contribution < -0.4 is 5.11 Å². The topological polar surface area (TPSA) is 111 Å². The average molecular weight is 1370 g/mol. The molecule has 0 aromatic rings. The lowest BCUT2D eigenvalue weighted by molar-refractivity contribution is -0.870. The second-order valence-corrected chi connectivity index (χ2v) is 26.5. The van der Waals surface area contributed by atoms with Gasteiger partial charge in [-0.2, -0.15) is 0 Å². The van der Waals surface area contributed by atoms with E-state index < -0.39 is 24.3 Å². The summed E-state index contributed by atoms with van der Waals surface area (Å²) in [5.74, 6) is -2.31. The third-order valence-corrected chi connectivity index (χ3v) is 16.0. The predicted octanol–water partition coefficient (Wildman–Crippen LogP) is 24.1. The molecule has 0 aliphatic heterocycles. The minimum Gasteiger partial charge on any atom is -0.545 e. The van der Waals surface area contributed by atoms with Gasteiger partial charge in [0.05, 0.1) is 40.3 Å². The highest BCUT2D eigenvalue weighted by Crippen LogP contribution is 2.16. The van der Waals surface area contributed by atoms with E-state index in [4.69, 9.17) is 18.9 Å². The number of likely N-dealkylation sites (N-methyl/N-ethyl adjacent to an activating group) is 1. The lowest BCUT2D eigenvalue weighted by Gasteiger charge is -2.26. The van der Waals surface area contributed by atoms with E-state index in [1.165, 1.54) is 89.9 Å². The first-order valence-corrected chi connectivity index (χ1v) is 39.2. The van der Waals surface area contributed by atoms with Crippen LogP contribution >= 0.6 is 0 Å². The maximum atomic E-state index is 13.0. The molecule has 99 heavy (non-hydrogen) atoms. The normalized spacial score (nSPS) is 13.8. The van der Waals surface area contributed by atoms with E-state index in [9.17, 15) is 19.5 Å². The fraction of sp³-hybridized carbons (Fsp3) is 0.589. The number of hydrogen-bond acceptors (Lipinski definition) is 8. The van der Waals surface area contributed by atoms with Gasteiger partial charge in [-0.3, -0.25) is 9.59 Å². The van der Waals surface area contributed by atoms with Gasteiger partial charge in [-0.05, 0) is 148 Å². The van der Waals surface area contributed by atoms with Gasteiger partial charge >= 0.3 is 11.9 Å². The fourth-order valence-corrected chi connectivity index (χ4v) is 10.1. The van der Waals surface area contributed by atoms with Crippen molar-refractivity contribution in [3.63, 3.8) is 0 Å². The molecular formula is C90H143NO8. The first-order valence-electron chi connectivity index (χ1n) is 39.2. The molecule has 0 radical (unpaired) electrons. The van der Waals surface area contributed by atoms with Crippen molar-refractivity contribution < 1.29 is 42.9 Å². The molecule has 0 aromatic carbocycles. The second kappa shape index (κ2) is 77.6. The summed E-state index contributed by atoms with van der Waals surface area (Å²) < 4.78 is 22.8. The molecule has 556 valence electrons. The van der Waals surface area contributed by atoms with Crippen molar-refractivity contribution >= 4 is 17.9 Å². The number of quaternary nitrogens is 1. The van der Waals surface area contributed by atoms with Crippen LogP contribution in [0.25, 0.3) is 0 Å². The first-order chi connectivity index (χ1) is 48.6. The molecule has 0 N–H and O–H groups in total. The third kappa shape index (κ3) is 79.1. The van der Waals surface area contributed by atoms with Crippen molar-refractivity contribution in [2.75, 3.05) is 47.5 Å². The van der Waals surface area contributed by atoms with Crippen molar-refractivity contribution in [1.29, 1.82) is 0 Å². The van der Waals surface area contributed by atoms with Gasteiger partial charge < -0.3 is 33.3 Å². The van der Waals surface area contributed by atoms with Crippen LogP contribution in [-0.4, -0.2) is 82.3 Å². The summed E-state index contributed by atoms with van der Waals surface area (Å²) in [6.45, 7) is 4.50. The molecule has 0 bridgehead atoms. The van der Waals surface area contributed by atoms with Crippen LogP contribution in [0.4, 0.5) is 0 Å². The van der Waals surface area contributed by atoms with Gasteiger partial charge in [0.1, 0.15) is 13.2 Å². The number of esters is 2. The summed E-state index contributed by atoms with van der Waals surface area (Å²) in [6, 6.07) is 0. The lowest BCUT2D eigenvalue weighted by Crippen LogP contribution is -2.44. The number of hydrogen-bond donors (Lipinski definition) is 0. The molecule has 2 unspecified atom stereocenters. The molecule has 0 aliphatic carbocycles. The predicted molar refractivity (Wildman–Crippen MR) is 425 cm³/mol. The molecule has 0 heterocycles. The Labute approximate surface area is 607 Å². The Balaban J connectivity index is 4.15. The Hall–Kier alpha value is -6.13. The highest BCUT2D eigenvalue weighted by molar-refractivity contribution is 5.70. The lowest BCUT2D eigenvalue weighted by atomic mass is 10.0. The summed E-state index contributed by atoms with van der Waals surface area (Å²) in [7, 11) is 5.92. The minimum atomic E-state index is -1.64. The number of nitrogens with zero attached hydrogens (tertiary/aromatic N) is 1. The third-order valence-electron chi connectivity index (χ3n) is 16.0. The number of carbonyl (C=O) groups is 3. The van der Waals surface area contributed by atoms with Crippen LogP contribution in [0.2, 0.25) is 0 Å². The molecule has 0 aromatic heterocycles. The van der Waals surface area contributed by atoms with E-state index >= 15 is 0 Å². The monoisotopic (exact) mass is 1370 g/mol. The summed E-state index contributed by atoms with van der Waals surface area (Å²) in [5, 5.41) is 11.9. The molecule has 0 saturated heterocycles. The zero-order chi connectivity index (χ0) is 71.8. The van der Waals surface area contributed by atoms with Crippen molar-refractivity contribution in [2.24, 2.45) is 0 Å². The Morgan fingerprint density at radius 3 is 0.808 bits per heavy atom. The molecule has 0 rings (SSSR count). The van der Waals surface area contributed by atoms with E-state index in [2.05, 4.69) is 220 Å². The summed E-state index contributed by atoms with van der Waals surface area (Å²) >= 11 is 0.